The summed E-state index contributed by atoms with van der Waals surface area (Å²) >= 11 is 3.14. The number of thioether (sulfide) groups is 1. The summed E-state index contributed by atoms with van der Waals surface area (Å²) < 4.78 is 1.83. The number of hydrogen-bond acceptors (Lipinski definition) is 5. The minimum Gasteiger partial charge on any atom is -0.347 e. The monoisotopic (exact) mass is 352 g/mol. The van der Waals surface area contributed by atoms with Crippen molar-refractivity contribution in [2.75, 3.05) is 0 Å². The summed E-state index contributed by atoms with van der Waals surface area (Å²) in [6.07, 6.45) is 3.74. The fourth-order valence-electron chi connectivity index (χ4n) is 2.51. The number of hydrogen-bond donors (Lipinski definition) is 1. The number of aromatic nitrogens is 3. The van der Waals surface area contributed by atoms with E-state index in [0.29, 0.717) is 5.92 Å². The lowest BCUT2D eigenvalue weighted by molar-refractivity contribution is -0.121. The van der Waals surface area contributed by atoms with E-state index in [0.717, 1.165) is 18.0 Å². The van der Waals surface area contributed by atoms with Crippen LogP contribution in [0.1, 0.15) is 44.5 Å². The molecular weight excluding hydrogens is 328 g/mol. The Bertz CT molecular complexity index is 607. The van der Waals surface area contributed by atoms with Crippen LogP contribution in [-0.4, -0.2) is 25.9 Å². The molecule has 0 aliphatic rings. The summed E-state index contributed by atoms with van der Waals surface area (Å²) in [6.45, 7) is 6.27. The van der Waals surface area contributed by atoms with Crippen molar-refractivity contribution in [1.29, 1.82) is 0 Å². The molecule has 0 radical (unpaired) electrons. The van der Waals surface area contributed by atoms with Crippen molar-refractivity contribution in [2.24, 2.45) is 13.0 Å². The Hall–Kier alpha value is -1.34. The third-order valence-corrected chi connectivity index (χ3v) is 6.09. The van der Waals surface area contributed by atoms with Gasteiger partial charge in [-0.15, -0.1) is 21.5 Å². The molecule has 2 rings (SSSR count). The van der Waals surface area contributed by atoms with Gasteiger partial charge in [-0.2, -0.15) is 0 Å². The molecule has 1 N–H and O–H groups in total. The van der Waals surface area contributed by atoms with Crippen LogP contribution < -0.4 is 5.32 Å². The number of rotatable bonds is 8. The zero-order valence-corrected chi connectivity index (χ0v) is 15.7. The fourth-order valence-corrected chi connectivity index (χ4v) is 4.18. The highest BCUT2D eigenvalue weighted by molar-refractivity contribution is 8.00. The van der Waals surface area contributed by atoms with E-state index in [4.69, 9.17) is 0 Å². The summed E-state index contributed by atoms with van der Waals surface area (Å²) in [5.41, 5.74) is 0. The molecule has 23 heavy (non-hydrogen) atoms. The van der Waals surface area contributed by atoms with Gasteiger partial charge in [-0.25, -0.2) is 0 Å². The van der Waals surface area contributed by atoms with Crippen LogP contribution in [0.3, 0.4) is 0 Å². The minimum absolute atomic E-state index is 0.0447. The van der Waals surface area contributed by atoms with Gasteiger partial charge in [0.25, 0.3) is 0 Å². The molecule has 0 bridgehead atoms. The van der Waals surface area contributed by atoms with Gasteiger partial charge in [0, 0.05) is 11.9 Å². The quantitative estimate of drug-likeness (QED) is 0.737. The van der Waals surface area contributed by atoms with Crippen LogP contribution in [0.4, 0.5) is 0 Å². The highest BCUT2D eigenvalue weighted by atomic mass is 32.2. The second kappa shape index (κ2) is 8.49. The maximum atomic E-state index is 12.6. The van der Waals surface area contributed by atoms with Gasteiger partial charge in [0.05, 0.1) is 11.3 Å². The van der Waals surface area contributed by atoms with Gasteiger partial charge in [-0.1, -0.05) is 44.5 Å². The molecule has 0 fully saturated rings. The van der Waals surface area contributed by atoms with Crippen molar-refractivity contribution in [3.63, 3.8) is 0 Å². The minimum atomic E-state index is -0.213. The second-order valence-corrected chi connectivity index (χ2v) is 7.85. The molecule has 1 amide bonds. The lowest BCUT2D eigenvalue weighted by atomic mass is 9.93. The van der Waals surface area contributed by atoms with Crippen molar-refractivity contribution in [3.8, 4) is 0 Å². The van der Waals surface area contributed by atoms with E-state index in [1.165, 1.54) is 16.6 Å². The molecule has 126 valence electrons. The molecule has 0 saturated heterocycles. The van der Waals surface area contributed by atoms with Gasteiger partial charge in [-0.3, -0.25) is 4.79 Å². The average molecular weight is 353 g/mol. The summed E-state index contributed by atoms with van der Waals surface area (Å²) in [5, 5.41) is 13.7. The molecular formula is C16H24N4OS2. The third-order valence-electron chi connectivity index (χ3n) is 3.99. The molecule has 5 nitrogen and oxygen atoms in total. The van der Waals surface area contributed by atoms with Gasteiger partial charge in [0.1, 0.15) is 6.33 Å². The first kappa shape index (κ1) is 18.0. The summed E-state index contributed by atoms with van der Waals surface area (Å²) in [6, 6.07) is 4.23. The summed E-state index contributed by atoms with van der Waals surface area (Å²) in [7, 11) is 1.88. The molecule has 2 heterocycles. The van der Waals surface area contributed by atoms with E-state index in [1.54, 1.807) is 17.7 Å². The van der Waals surface area contributed by atoms with Crippen LogP contribution >= 0.6 is 23.1 Å². The topological polar surface area (TPSA) is 59.8 Å². The van der Waals surface area contributed by atoms with Crippen LogP contribution in [0.15, 0.2) is 29.0 Å². The Morgan fingerprint density at radius 1 is 1.43 bits per heavy atom. The molecule has 2 aromatic heterocycles. The molecule has 2 atom stereocenters. The summed E-state index contributed by atoms with van der Waals surface area (Å²) in [5.74, 6) is 0.493. The number of carbonyl (C=O) groups excluding carboxylic acids is 1. The summed E-state index contributed by atoms with van der Waals surface area (Å²) in [4.78, 5) is 13.9. The van der Waals surface area contributed by atoms with Crippen molar-refractivity contribution in [1.82, 2.24) is 20.1 Å². The average Bonchev–Trinajstić information content (AvgIpc) is 3.19. The second-order valence-electron chi connectivity index (χ2n) is 5.56. The van der Waals surface area contributed by atoms with Gasteiger partial charge >= 0.3 is 0 Å². The van der Waals surface area contributed by atoms with E-state index in [9.17, 15) is 4.79 Å². The highest BCUT2D eigenvalue weighted by Gasteiger charge is 2.26. The number of nitrogens with one attached hydrogen (secondary N) is 1. The zero-order valence-electron chi connectivity index (χ0n) is 14.0. The van der Waals surface area contributed by atoms with E-state index < -0.39 is 0 Å². The lowest BCUT2D eigenvalue weighted by Gasteiger charge is -2.26. The van der Waals surface area contributed by atoms with Crippen LogP contribution in [0.5, 0.6) is 0 Å². The SMILES string of the molecule is CCC(CC)[C@H](NC(=O)[C@@H](C)Sc1nncn1C)c1cccs1. The highest BCUT2D eigenvalue weighted by Crippen LogP contribution is 2.31. The van der Waals surface area contributed by atoms with Crippen LogP contribution in [0, 0.1) is 5.92 Å². The van der Waals surface area contributed by atoms with E-state index >= 15 is 0 Å². The van der Waals surface area contributed by atoms with Crippen molar-refractivity contribution in [3.05, 3.63) is 28.7 Å². The van der Waals surface area contributed by atoms with Crippen molar-refractivity contribution < 1.29 is 4.79 Å². The van der Waals surface area contributed by atoms with Crippen LogP contribution in [0.2, 0.25) is 0 Å². The van der Waals surface area contributed by atoms with Crippen molar-refractivity contribution in [2.45, 2.75) is 50.1 Å². The normalized spacial score (nSPS) is 14.0. The number of amides is 1. The molecule has 0 aliphatic carbocycles. The zero-order chi connectivity index (χ0) is 16.8. The smallest absolute Gasteiger partial charge is 0.233 e. The van der Waals surface area contributed by atoms with Crippen molar-refractivity contribution >= 4 is 29.0 Å². The molecule has 0 saturated carbocycles. The molecule has 7 heteroatoms. The standard InChI is InChI=1S/C16H24N4OS2/c1-5-12(6-2)14(13-8-7-9-22-13)18-15(21)11(3)23-16-19-17-10-20(16)4/h7-12,14H,5-6H2,1-4H3,(H,18,21)/t11-,14+/m1/s1. The number of aryl methyl sites for hydroxylation is 1. The Morgan fingerprint density at radius 2 is 2.17 bits per heavy atom. The van der Waals surface area contributed by atoms with E-state index in [1.807, 2.05) is 24.6 Å². The predicted octanol–water partition coefficient (Wildman–Crippen LogP) is 3.65. The lowest BCUT2D eigenvalue weighted by Crippen LogP contribution is -2.37. The Labute approximate surface area is 145 Å². The maximum Gasteiger partial charge on any atom is 0.233 e. The molecule has 2 aromatic rings. The van der Waals surface area contributed by atoms with E-state index in [-0.39, 0.29) is 17.2 Å². The van der Waals surface area contributed by atoms with E-state index in [2.05, 4.69) is 40.8 Å². The Balaban J connectivity index is 2.06. The first-order valence-corrected chi connectivity index (χ1v) is 9.67. The maximum absolute atomic E-state index is 12.6. The number of nitrogens with zero attached hydrogens (tertiary/aromatic N) is 3. The van der Waals surface area contributed by atoms with Gasteiger partial charge < -0.3 is 9.88 Å². The number of thiophene rings is 1. The Kier molecular flexibility index (Phi) is 6.65. The molecule has 0 spiro atoms. The van der Waals surface area contributed by atoms with Crippen LogP contribution in [0.25, 0.3) is 0 Å². The first-order valence-electron chi connectivity index (χ1n) is 7.91. The predicted molar refractivity (Wildman–Crippen MR) is 95.6 cm³/mol. The molecule has 0 aliphatic heterocycles. The van der Waals surface area contributed by atoms with Gasteiger partial charge in [0.2, 0.25) is 5.91 Å². The largest absolute Gasteiger partial charge is 0.347 e. The fraction of sp³-hybridized carbons (Fsp3) is 0.562. The first-order chi connectivity index (χ1) is 11.1. The third kappa shape index (κ3) is 4.57. The molecule has 0 aromatic carbocycles. The van der Waals surface area contributed by atoms with Crippen LogP contribution in [-0.2, 0) is 11.8 Å². The van der Waals surface area contributed by atoms with Gasteiger partial charge in [0.15, 0.2) is 5.16 Å². The number of carbonyl (C=O) groups is 1. The van der Waals surface area contributed by atoms with Gasteiger partial charge in [-0.05, 0) is 24.3 Å². The Morgan fingerprint density at radius 3 is 2.70 bits per heavy atom. The molecule has 0 unspecified atom stereocenters.